The summed E-state index contributed by atoms with van der Waals surface area (Å²) < 4.78 is 7.80. The van der Waals surface area contributed by atoms with Gasteiger partial charge < -0.3 is 14.2 Å². The van der Waals surface area contributed by atoms with Crippen LogP contribution >= 0.6 is 12.6 Å². The number of fused-ring (bicyclic) bond motifs is 1. The molecule has 1 aromatic heterocycles. The number of hydrogen-bond donors (Lipinski definition) is 1. The van der Waals surface area contributed by atoms with Crippen LogP contribution in [0.4, 0.5) is 0 Å². The highest BCUT2D eigenvalue weighted by Crippen LogP contribution is 2.23. The second-order valence-corrected chi connectivity index (χ2v) is 5.39. The van der Waals surface area contributed by atoms with Gasteiger partial charge in [-0.05, 0) is 46.1 Å². The molecule has 0 saturated carbocycles. The zero-order chi connectivity index (χ0) is 14.5. The van der Waals surface area contributed by atoms with Gasteiger partial charge >= 0.3 is 0 Å². The first-order valence-electron chi connectivity index (χ1n) is 7.03. The van der Waals surface area contributed by atoms with Crippen molar-refractivity contribution in [2.75, 3.05) is 27.2 Å². The van der Waals surface area contributed by atoms with Crippen molar-refractivity contribution < 1.29 is 4.74 Å². The zero-order valence-corrected chi connectivity index (χ0v) is 13.4. The Morgan fingerprint density at radius 3 is 2.80 bits per heavy atom. The van der Waals surface area contributed by atoms with Crippen LogP contribution in [0, 0.1) is 0 Å². The van der Waals surface area contributed by atoms with E-state index in [-0.39, 0.29) is 0 Å². The van der Waals surface area contributed by atoms with Crippen molar-refractivity contribution in [2.24, 2.45) is 0 Å². The highest BCUT2D eigenvalue weighted by atomic mass is 32.1. The molecule has 0 bridgehead atoms. The molecule has 0 aliphatic carbocycles. The largest absolute Gasteiger partial charge is 0.494 e. The van der Waals surface area contributed by atoms with Crippen LogP contribution in [0.25, 0.3) is 11.0 Å². The molecule has 110 valence electrons. The van der Waals surface area contributed by atoms with E-state index in [1.165, 1.54) is 0 Å². The standard InChI is InChI=1S/C15H23N3OS/c1-4-19-12-6-7-14-13(10-12)16-15(11-20)18(14)9-5-8-17(2)3/h6-7,10,20H,4-5,8-9,11H2,1-3H3. The molecule has 0 atom stereocenters. The van der Waals surface area contributed by atoms with Gasteiger partial charge in [-0.15, -0.1) is 0 Å². The quantitative estimate of drug-likeness (QED) is 0.796. The molecule has 2 rings (SSSR count). The summed E-state index contributed by atoms with van der Waals surface area (Å²) in [5.41, 5.74) is 2.15. The van der Waals surface area contributed by atoms with Crippen LogP contribution in [0.15, 0.2) is 18.2 Å². The Labute approximate surface area is 126 Å². The summed E-state index contributed by atoms with van der Waals surface area (Å²) >= 11 is 4.40. The predicted octanol–water partition coefficient (Wildman–Crippen LogP) is 2.82. The molecular formula is C15H23N3OS. The fourth-order valence-corrected chi connectivity index (χ4v) is 2.57. The summed E-state index contributed by atoms with van der Waals surface area (Å²) in [5, 5.41) is 0. The number of nitrogens with zero attached hydrogens (tertiary/aromatic N) is 3. The van der Waals surface area contributed by atoms with Gasteiger partial charge in [0.2, 0.25) is 0 Å². The van der Waals surface area contributed by atoms with Crippen LogP contribution in [0.1, 0.15) is 19.2 Å². The third-order valence-corrected chi connectivity index (χ3v) is 3.52. The Hall–Kier alpha value is -1.20. The Kier molecular flexibility index (Phi) is 5.31. The maximum atomic E-state index is 5.53. The van der Waals surface area contributed by atoms with Gasteiger partial charge in [0.05, 0.1) is 17.6 Å². The zero-order valence-electron chi connectivity index (χ0n) is 12.5. The number of thiol groups is 1. The van der Waals surface area contributed by atoms with Crippen molar-refractivity contribution in [3.63, 3.8) is 0 Å². The molecule has 2 aromatic rings. The number of ether oxygens (including phenoxy) is 1. The van der Waals surface area contributed by atoms with Crippen LogP contribution in [-0.2, 0) is 12.3 Å². The van der Waals surface area contributed by atoms with Gasteiger partial charge in [-0.2, -0.15) is 12.6 Å². The average molecular weight is 293 g/mol. The fourth-order valence-electron chi connectivity index (χ4n) is 2.33. The lowest BCUT2D eigenvalue weighted by Crippen LogP contribution is -2.15. The van der Waals surface area contributed by atoms with Crippen LogP contribution in [0.2, 0.25) is 0 Å². The summed E-state index contributed by atoms with van der Waals surface area (Å²) in [6.45, 7) is 4.71. The molecule has 0 aliphatic rings. The Morgan fingerprint density at radius 1 is 1.35 bits per heavy atom. The molecule has 0 amide bonds. The number of aromatic nitrogens is 2. The second-order valence-electron chi connectivity index (χ2n) is 5.08. The molecule has 0 N–H and O–H groups in total. The summed E-state index contributed by atoms with van der Waals surface area (Å²) in [5.74, 6) is 2.56. The maximum Gasteiger partial charge on any atom is 0.121 e. The molecule has 0 radical (unpaired) electrons. The minimum atomic E-state index is 0.653. The SMILES string of the molecule is CCOc1ccc2c(c1)nc(CS)n2CCCN(C)C. The summed E-state index contributed by atoms with van der Waals surface area (Å²) in [6.07, 6.45) is 1.10. The maximum absolute atomic E-state index is 5.53. The monoisotopic (exact) mass is 293 g/mol. The number of rotatable bonds is 7. The van der Waals surface area contributed by atoms with Crippen LogP contribution in [-0.4, -0.2) is 41.7 Å². The van der Waals surface area contributed by atoms with Gasteiger partial charge in [-0.1, -0.05) is 0 Å². The van der Waals surface area contributed by atoms with E-state index in [1.807, 2.05) is 19.1 Å². The number of hydrogen-bond acceptors (Lipinski definition) is 4. The number of benzene rings is 1. The topological polar surface area (TPSA) is 30.3 Å². The van der Waals surface area contributed by atoms with Crippen molar-refractivity contribution in [3.05, 3.63) is 24.0 Å². The molecule has 0 aliphatic heterocycles. The van der Waals surface area contributed by atoms with Gasteiger partial charge in [-0.3, -0.25) is 0 Å². The number of aryl methyl sites for hydroxylation is 1. The smallest absolute Gasteiger partial charge is 0.121 e. The van der Waals surface area contributed by atoms with E-state index < -0.39 is 0 Å². The molecule has 0 unspecified atom stereocenters. The Bertz CT molecular complexity index is 565. The molecule has 5 heteroatoms. The summed E-state index contributed by atoms with van der Waals surface area (Å²) in [7, 11) is 4.19. The Balaban J connectivity index is 2.27. The lowest BCUT2D eigenvalue weighted by molar-refractivity contribution is 0.340. The van der Waals surface area contributed by atoms with Gasteiger partial charge in [0.25, 0.3) is 0 Å². The molecule has 0 spiro atoms. The predicted molar refractivity (Wildman–Crippen MR) is 86.8 cm³/mol. The third kappa shape index (κ3) is 3.46. The first-order valence-corrected chi connectivity index (χ1v) is 7.66. The first-order chi connectivity index (χ1) is 9.65. The van der Waals surface area contributed by atoms with Gasteiger partial charge in [0, 0.05) is 18.4 Å². The summed E-state index contributed by atoms with van der Waals surface area (Å²) in [4.78, 5) is 6.87. The Morgan fingerprint density at radius 2 is 2.15 bits per heavy atom. The van der Waals surface area contributed by atoms with Crippen LogP contribution < -0.4 is 4.74 Å². The molecule has 0 saturated heterocycles. The first kappa shape index (κ1) is 15.2. The van der Waals surface area contributed by atoms with Crippen molar-refractivity contribution in [1.29, 1.82) is 0 Å². The third-order valence-electron chi connectivity index (χ3n) is 3.24. The lowest BCUT2D eigenvalue weighted by atomic mass is 10.3. The van der Waals surface area contributed by atoms with E-state index in [4.69, 9.17) is 4.74 Å². The van der Waals surface area contributed by atoms with Crippen molar-refractivity contribution in [3.8, 4) is 5.75 Å². The van der Waals surface area contributed by atoms with Crippen LogP contribution in [0.3, 0.4) is 0 Å². The number of imidazole rings is 1. The van der Waals surface area contributed by atoms with E-state index in [1.54, 1.807) is 0 Å². The molecule has 4 nitrogen and oxygen atoms in total. The van der Waals surface area contributed by atoms with Gasteiger partial charge in [0.15, 0.2) is 0 Å². The van der Waals surface area contributed by atoms with E-state index in [2.05, 4.69) is 47.2 Å². The highest BCUT2D eigenvalue weighted by Gasteiger charge is 2.10. The van der Waals surface area contributed by atoms with Gasteiger partial charge in [-0.25, -0.2) is 4.98 Å². The molecular weight excluding hydrogens is 270 g/mol. The van der Waals surface area contributed by atoms with Crippen molar-refractivity contribution >= 4 is 23.7 Å². The van der Waals surface area contributed by atoms with E-state index >= 15 is 0 Å². The molecule has 20 heavy (non-hydrogen) atoms. The van der Waals surface area contributed by atoms with E-state index in [0.29, 0.717) is 12.4 Å². The summed E-state index contributed by atoms with van der Waals surface area (Å²) in [6, 6.07) is 6.11. The lowest BCUT2D eigenvalue weighted by Gasteiger charge is -2.12. The highest BCUT2D eigenvalue weighted by molar-refractivity contribution is 7.79. The molecule has 1 aromatic carbocycles. The van der Waals surface area contributed by atoms with Gasteiger partial charge in [0.1, 0.15) is 11.6 Å². The second kappa shape index (κ2) is 6.99. The fraction of sp³-hybridized carbons (Fsp3) is 0.533. The molecule has 0 fully saturated rings. The normalized spacial score (nSPS) is 11.4. The van der Waals surface area contributed by atoms with Crippen LogP contribution in [0.5, 0.6) is 5.75 Å². The van der Waals surface area contributed by atoms with Crippen molar-refractivity contribution in [2.45, 2.75) is 25.6 Å². The van der Waals surface area contributed by atoms with E-state index in [9.17, 15) is 0 Å². The van der Waals surface area contributed by atoms with Crippen molar-refractivity contribution in [1.82, 2.24) is 14.5 Å². The van der Waals surface area contributed by atoms with E-state index in [0.717, 1.165) is 42.1 Å². The minimum Gasteiger partial charge on any atom is -0.494 e. The molecule has 1 heterocycles. The average Bonchev–Trinajstić information content (AvgIpc) is 2.76. The minimum absolute atomic E-state index is 0.653.